The van der Waals surface area contributed by atoms with E-state index >= 15 is 4.57 Å². The number of aryl methyl sites for hydroxylation is 6. The number of hydrogen-bond acceptors (Lipinski definition) is 9. The summed E-state index contributed by atoms with van der Waals surface area (Å²) in [4.78, 5) is 11.7. The van der Waals surface area contributed by atoms with Crippen molar-refractivity contribution in [1.29, 1.82) is 0 Å². The Kier molecular flexibility index (Phi) is 24.1. The molecule has 14 heteroatoms. The molecule has 6 heterocycles. The minimum absolute atomic E-state index is 0. The molecule has 9 aliphatic rings. The maximum absolute atomic E-state index is 15.4. The van der Waals surface area contributed by atoms with Crippen LogP contribution in [0.25, 0.3) is 33.4 Å². The second-order valence-electron chi connectivity index (χ2n) is 40.0. The number of nitrogens with zero attached hydrogens (tertiary/aromatic N) is 2. The number of halogens is 1. The number of benzene rings is 21. The largest absolute Gasteiger partial charge is 0.355 e. The lowest BCUT2D eigenvalue weighted by molar-refractivity contribution is 0.591. The van der Waals surface area contributed by atoms with Gasteiger partial charge < -0.3 is 24.2 Å². The van der Waals surface area contributed by atoms with Gasteiger partial charge in [0.15, 0.2) is 14.3 Å². The van der Waals surface area contributed by atoms with Gasteiger partial charge in [-0.05, 0) is 268 Å². The van der Waals surface area contributed by atoms with Crippen molar-refractivity contribution < 1.29 is 10.6 Å². The van der Waals surface area contributed by atoms with Crippen LogP contribution in [-0.2, 0) is 37.2 Å². The number of nitrogens with one attached hydrogen (secondary N) is 1. The van der Waals surface area contributed by atoms with Crippen LogP contribution in [0.2, 0.25) is 0 Å². The topological polar surface area (TPSA) is 52.7 Å². The van der Waals surface area contributed by atoms with E-state index in [2.05, 4.69) is 443 Å². The predicted octanol–water partition coefficient (Wildman–Crippen LogP) is 33.0. The van der Waals surface area contributed by atoms with E-state index in [1.54, 1.807) is 23.5 Å². The lowest BCUT2D eigenvalue weighted by Gasteiger charge is -2.45. The quantitative estimate of drug-likeness (QED) is 0.134. The molecule has 0 saturated heterocycles. The van der Waals surface area contributed by atoms with Crippen LogP contribution < -0.4 is 62.9 Å². The van der Waals surface area contributed by atoms with Crippen LogP contribution in [0.3, 0.4) is 0 Å². The molecule has 3 aliphatic carbocycles. The highest BCUT2D eigenvalue weighted by atomic mass is 79.9. The van der Waals surface area contributed by atoms with Crippen LogP contribution in [0.5, 0.6) is 0 Å². The zero-order chi connectivity index (χ0) is 99.9. The summed E-state index contributed by atoms with van der Waals surface area (Å²) in [5.41, 5.74) is 39.8. The van der Waals surface area contributed by atoms with Crippen molar-refractivity contribution in [2.24, 2.45) is 0 Å². The van der Waals surface area contributed by atoms with Gasteiger partial charge in [0, 0.05) is 115 Å². The first-order chi connectivity index (χ1) is 72.4. The fourth-order valence-corrected chi connectivity index (χ4v) is 41.6. The highest BCUT2D eigenvalue weighted by Gasteiger charge is 2.56. The van der Waals surface area contributed by atoms with Gasteiger partial charge in [0.2, 0.25) is 0 Å². The maximum Gasteiger partial charge on any atom is 0.173 e. The molecule has 723 valence electrons. The molecule has 3 unspecified atom stereocenters. The predicted molar refractivity (Wildman–Crippen MR) is 645 cm³/mol. The molecule has 0 saturated carbocycles. The summed E-state index contributed by atoms with van der Waals surface area (Å²) in [5, 5.41) is 13.0. The molecular formula is C136H103BBrN3O2P3S4. The van der Waals surface area contributed by atoms with Gasteiger partial charge in [0.25, 0.3) is 0 Å². The summed E-state index contributed by atoms with van der Waals surface area (Å²) in [7, 11) is -5.89. The molecule has 1 N–H and O–H groups in total. The molecule has 150 heavy (non-hydrogen) atoms. The Morgan fingerprint density at radius 3 is 0.847 bits per heavy atom. The third-order valence-corrected chi connectivity index (χ3v) is 47.5. The fraction of sp³-hybridized carbons (Fsp3) is 0.0735. The van der Waals surface area contributed by atoms with Crippen LogP contribution in [0, 0.1) is 41.5 Å². The Hall–Kier alpha value is -14.3. The van der Waals surface area contributed by atoms with Crippen LogP contribution in [-0.4, -0.2) is 8.41 Å². The second-order valence-corrected chi connectivity index (χ2v) is 53.9. The Bertz CT molecular complexity index is 8690. The van der Waals surface area contributed by atoms with Crippen molar-refractivity contribution in [2.75, 3.05) is 15.1 Å². The monoisotopic (exact) mass is 2120 g/mol. The van der Waals surface area contributed by atoms with Crippen molar-refractivity contribution >= 4 is 185 Å². The molecule has 0 bridgehead atoms. The van der Waals surface area contributed by atoms with Gasteiger partial charge in [-0.25, -0.2) is 0 Å². The van der Waals surface area contributed by atoms with Gasteiger partial charge in [-0.3, -0.25) is 0 Å². The summed E-state index contributed by atoms with van der Waals surface area (Å²) in [6.07, 6.45) is 0. The first-order valence-corrected chi connectivity index (χ1v) is 59.8. The lowest BCUT2D eigenvalue weighted by atomic mass is 9.64. The SMILES string of the molecule is C.Cc1ccc2c(c1)C1(c3cc(C)ccc3N2)c2ccccc2-c2ccccc21.Cc1ccc2c(c1)C1(c3ccccc3-c3ccccc31)c1cc(C)ccc1N2c1ccc2c(c1)Sc1ccccc1P2(=O)c1ccccc1.Cc1ccc2c(c1)C1(c3ccccc3-c3ccccc31)c1cc(C)ccc1N2c1ccc2c(c1)Sc1ccccc1P2(=S)c1ccccc1.O=P1(c2ccccc2)c2ccccc2Sc2cc(Br)ccc21.[2HH].[B]. The minimum atomic E-state index is -3.09. The highest BCUT2D eigenvalue weighted by Crippen LogP contribution is 2.69. The molecule has 5 nitrogen and oxygen atoms in total. The molecule has 21 aromatic carbocycles. The van der Waals surface area contributed by atoms with Crippen LogP contribution in [0.4, 0.5) is 45.5 Å². The van der Waals surface area contributed by atoms with Crippen molar-refractivity contribution in [3.63, 3.8) is 0 Å². The van der Waals surface area contributed by atoms with E-state index in [4.69, 9.17) is 11.8 Å². The van der Waals surface area contributed by atoms with Crippen LogP contribution in [0.15, 0.2) is 507 Å². The molecule has 6 aliphatic heterocycles. The molecule has 0 amide bonds. The van der Waals surface area contributed by atoms with Gasteiger partial charge in [0.1, 0.15) is 0 Å². The van der Waals surface area contributed by atoms with Gasteiger partial charge >= 0.3 is 0 Å². The van der Waals surface area contributed by atoms with Gasteiger partial charge in [0.05, 0.1) is 39.0 Å². The van der Waals surface area contributed by atoms with Gasteiger partial charge in [-0.15, -0.1) is 0 Å². The normalized spacial score (nSPS) is 16.9. The smallest absolute Gasteiger partial charge is 0.173 e. The number of anilines is 8. The maximum atomic E-state index is 15.4. The highest BCUT2D eigenvalue weighted by molar-refractivity contribution is 9.10. The molecule has 21 aromatic rings. The van der Waals surface area contributed by atoms with E-state index in [1.165, 1.54) is 193 Å². The van der Waals surface area contributed by atoms with Crippen molar-refractivity contribution in [3.05, 3.63) is 578 Å². The van der Waals surface area contributed by atoms with E-state index in [0.29, 0.717) is 0 Å². The molecule has 0 aromatic heterocycles. The van der Waals surface area contributed by atoms with E-state index in [9.17, 15) is 4.57 Å². The Labute approximate surface area is 908 Å². The minimum Gasteiger partial charge on any atom is -0.355 e. The Morgan fingerprint density at radius 2 is 0.493 bits per heavy atom. The first-order valence-electron chi connectivity index (χ1n) is 50.4. The number of fused-ring (bicyclic) bond motifs is 33. The zero-order valence-electron chi connectivity index (χ0n) is 82.7. The molecular weight excluding hydrogens is 2020 g/mol. The molecule has 3 atom stereocenters. The Balaban J connectivity index is 0.000000111. The number of rotatable bonds is 5. The lowest BCUT2D eigenvalue weighted by Crippen LogP contribution is -2.36. The molecule has 3 spiro atoms. The van der Waals surface area contributed by atoms with E-state index in [0.717, 1.165) is 67.3 Å². The van der Waals surface area contributed by atoms with E-state index in [1.807, 2.05) is 115 Å². The number of hydrogen-bond donors (Lipinski definition) is 1. The van der Waals surface area contributed by atoms with Crippen LogP contribution >= 0.6 is 71.5 Å². The summed E-state index contributed by atoms with van der Waals surface area (Å²) >= 11 is 15.6. The van der Waals surface area contributed by atoms with E-state index < -0.39 is 31.2 Å². The average Bonchev–Trinajstić information content (AvgIpc) is 1.56. The molecule has 3 radical (unpaired) electrons. The van der Waals surface area contributed by atoms with E-state index in [-0.39, 0.29) is 22.7 Å². The fourth-order valence-electron chi connectivity index (χ4n) is 25.3. The zero-order valence-corrected chi connectivity index (χ0v) is 90.2. The summed E-state index contributed by atoms with van der Waals surface area (Å²) in [6.45, 7) is 13.2. The summed E-state index contributed by atoms with van der Waals surface area (Å²) in [5.74, 6) is 0. The van der Waals surface area contributed by atoms with Crippen molar-refractivity contribution in [2.45, 2.75) is 94.6 Å². The molecule has 30 rings (SSSR count). The third-order valence-electron chi connectivity index (χ3n) is 31.4. The average molecular weight is 2120 g/mol. The Morgan fingerprint density at radius 1 is 0.247 bits per heavy atom. The van der Waals surface area contributed by atoms with Gasteiger partial charge in [-0.2, -0.15) is 0 Å². The first kappa shape index (κ1) is 96.6. The molecule has 0 fully saturated rings. The summed E-state index contributed by atoms with van der Waals surface area (Å²) < 4.78 is 30.6. The second kappa shape index (κ2) is 37.4. The standard InChI is InChI=1S/C45H32NOPS.C45H32NPS2.C27H21N.C18H12BrOPS.CH4.B.H2/c1-29-20-23-39-37(26-29)45(35-16-8-6-14-33(35)34-15-7-9-17-36(34)45)38-27-30(2)21-24-40(38)46(39)31-22-25-42-44(28-31)49-43-19-11-10-18-41(43)48(42,47)32-12-4-3-5-13-32;1-29-20-23-39-37(26-29)45(35-16-8-6-14-33(35)34-15-7-9-17-36(34)45)38-27-30(2)21-24-40(38)46(39)31-22-25-42-44(28-31)49-43-19-11-10-18-41(43)47(42,48)32-12-4-3-5-13-32;1-17-11-13-25-23(15-17)27(24-16-18(2)12-14-26(24)28-25)21-9-5-3-7-19(21)20-8-4-6-10-22(20)27;19-13-10-11-16-18(12-13)22-17-9-5-4-8-15(17)21(16,20)14-6-2-1-3-7-14;;;/h2*3-28H,1-2H3;3-16,28H,1-2H3;1-12H;1H4;;1H/i;;;;;;1+1. The van der Waals surface area contributed by atoms with Crippen molar-refractivity contribution in [1.82, 2.24) is 0 Å². The summed E-state index contributed by atoms with van der Waals surface area (Å²) in [6, 6.07) is 169. The van der Waals surface area contributed by atoms with Crippen molar-refractivity contribution in [3.8, 4) is 33.4 Å². The third kappa shape index (κ3) is 14.5. The van der Waals surface area contributed by atoms with Crippen LogP contribution in [0.1, 0.15) is 109 Å². The van der Waals surface area contributed by atoms with Gasteiger partial charge in [-0.1, -0.05) is 456 Å².